The van der Waals surface area contributed by atoms with Crippen molar-refractivity contribution in [3.63, 3.8) is 0 Å². The minimum Gasteiger partial charge on any atom is -0.354 e. The van der Waals surface area contributed by atoms with Crippen LogP contribution in [0.2, 0.25) is 0 Å². The van der Waals surface area contributed by atoms with Gasteiger partial charge in [0.1, 0.15) is 0 Å². The molecule has 5 heterocycles. The molecule has 4 heteroatoms. The van der Waals surface area contributed by atoms with Gasteiger partial charge in [-0.1, -0.05) is 122 Å². The summed E-state index contributed by atoms with van der Waals surface area (Å²) in [4.78, 5) is 18.2. The molecule has 234 valence electrons. The monoisotopic (exact) mass is 630 g/mol. The molecule has 8 rings (SSSR count). The molecule has 0 radical (unpaired) electrons. The minimum atomic E-state index is 0.845. The zero-order valence-corrected chi connectivity index (χ0v) is 27.2. The fraction of sp³-hybridized carbons (Fsp3) is 0.0222. The molecule has 0 amide bonds. The standard InChI is InChI=1S/C45H34N4/c1-3-4-8-15-30(2)42-34-22-24-36(46-34)43(31-16-9-5-10-17-31)38-26-28-40(48-38)45(33-20-13-7-14-21-33)41-29-27-39(49-41)44(32-18-11-6-12-19-32)37-25-23-35(42)47-37/h3-29,46,49H,2H2,1H3/b4-3-,15-8-,42-34?,42-35?,43-36?,43-38?,44-37?,44-39?,45-40?,45-41?. The number of benzene rings is 3. The minimum absolute atomic E-state index is 0.845. The summed E-state index contributed by atoms with van der Waals surface area (Å²) < 4.78 is 0. The van der Waals surface area contributed by atoms with Gasteiger partial charge in [0.15, 0.2) is 0 Å². The average Bonchev–Trinajstić information content (AvgIpc) is 3.97. The molecular weight excluding hydrogens is 597 g/mol. The van der Waals surface area contributed by atoms with E-state index in [1.54, 1.807) is 0 Å². The van der Waals surface area contributed by atoms with Crippen LogP contribution in [0.1, 0.15) is 35.3 Å². The summed E-state index contributed by atoms with van der Waals surface area (Å²) in [6.45, 7) is 6.51. The van der Waals surface area contributed by atoms with Crippen LogP contribution < -0.4 is 0 Å². The van der Waals surface area contributed by atoms with Gasteiger partial charge < -0.3 is 9.97 Å². The number of hydrogen-bond acceptors (Lipinski definition) is 2. The second-order valence-corrected chi connectivity index (χ2v) is 12.0. The summed E-state index contributed by atoms with van der Waals surface area (Å²) in [6, 6.07) is 39.9. The van der Waals surface area contributed by atoms with Crippen LogP contribution in [0.3, 0.4) is 0 Å². The highest BCUT2D eigenvalue weighted by atomic mass is 14.8. The van der Waals surface area contributed by atoms with E-state index in [4.69, 9.17) is 9.97 Å². The van der Waals surface area contributed by atoms with Gasteiger partial charge in [-0.3, -0.25) is 0 Å². The van der Waals surface area contributed by atoms with Gasteiger partial charge in [-0.05, 0) is 77.8 Å². The van der Waals surface area contributed by atoms with Crippen molar-refractivity contribution in [3.8, 4) is 33.4 Å². The van der Waals surface area contributed by atoms with Gasteiger partial charge in [0, 0.05) is 44.3 Å². The van der Waals surface area contributed by atoms with Gasteiger partial charge in [-0.15, -0.1) is 0 Å². The maximum absolute atomic E-state index is 5.34. The molecule has 0 fully saturated rings. The van der Waals surface area contributed by atoms with E-state index in [0.29, 0.717) is 0 Å². The Bertz CT molecular complexity index is 2450. The Morgan fingerprint density at radius 2 is 0.878 bits per heavy atom. The summed E-state index contributed by atoms with van der Waals surface area (Å²) in [5.41, 5.74) is 15.5. The quantitative estimate of drug-likeness (QED) is 0.180. The number of hydrogen-bond donors (Lipinski definition) is 2. The maximum Gasteiger partial charge on any atom is 0.0737 e. The molecule has 2 N–H and O–H groups in total. The predicted molar refractivity (Wildman–Crippen MR) is 208 cm³/mol. The molecule has 0 saturated heterocycles. The Kier molecular flexibility index (Phi) is 7.88. The van der Waals surface area contributed by atoms with Gasteiger partial charge in [-0.25, -0.2) is 9.97 Å². The van der Waals surface area contributed by atoms with Crippen LogP contribution in [-0.4, -0.2) is 19.9 Å². The molecule has 2 aliphatic heterocycles. The Labute approximate surface area is 285 Å². The molecule has 4 nitrogen and oxygen atoms in total. The zero-order chi connectivity index (χ0) is 33.2. The Balaban J connectivity index is 1.56. The molecule has 3 aromatic carbocycles. The zero-order valence-electron chi connectivity index (χ0n) is 27.2. The van der Waals surface area contributed by atoms with Gasteiger partial charge in [0.2, 0.25) is 0 Å². The van der Waals surface area contributed by atoms with Crippen molar-refractivity contribution in [2.24, 2.45) is 0 Å². The molecule has 0 aliphatic carbocycles. The third-order valence-electron chi connectivity index (χ3n) is 8.86. The fourth-order valence-corrected chi connectivity index (χ4v) is 6.63. The first-order valence-electron chi connectivity index (χ1n) is 16.5. The van der Waals surface area contributed by atoms with Crippen molar-refractivity contribution < 1.29 is 0 Å². The van der Waals surface area contributed by atoms with E-state index in [0.717, 1.165) is 89.4 Å². The molecule has 2 aliphatic rings. The predicted octanol–water partition coefficient (Wildman–Crippen LogP) is 11.8. The van der Waals surface area contributed by atoms with E-state index >= 15 is 0 Å². The molecule has 0 saturated carbocycles. The van der Waals surface area contributed by atoms with Crippen LogP contribution in [0.4, 0.5) is 0 Å². The lowest BCUT2D eigenvalue weighted by molar-refractivity contribution is 1.30. The number of H-pyrrole nitrogens is 2. The third-order valence-corrected chi connectivity index (χ3v) is 8.86. The summed E-state index contributed by atoms with van der Waals surface area (Å²) in [6.07, 6.45) is 16.5. The number of nitrogens with one attached hydrogen (secondary N) is 2. The van der Waals surface area contributed by atoms with Crippen LogP contribution in [0, 0.1) is 0 Å². The summed E-state index contributed by atoms with van der Waals surface area (Å²) in [5, 5.41) is 0. The van der Waals surface area contributed by atoms with E-state index < -0.39 is 0 Å². The van der Waals surface area contributed by atoms with Crippen molar-refractivity contribution in [1.29, 1.82) is 0 Å². The summed E-state index contributed by atoms with van der Waals surface area (Å²) >= 11 is 0. The normalized spacial score (nSPS) is 12.3. The number of rotatable bonds is 6. The first kappa shape index (κ1) is 29.9. The average molecular weight is 631 g/mol. The lowest BCUT2D eigenvalue weighted by Crippen LogP contribution is -1.90. The second kappa shape index (κ2) is 12.9. The lowest BCUT2D eigenvalue weighted by atomic mass is 10.0. The Hall–Kier alpha value is -6.52. The largest absolute Gasteiger partial charge is 0.354 e. The van der Waals surface area contributed by atoms with Crippen LogP contribution in [0.5, 0.6) is 0 Å². The highest BCUT2D eigenvalue weighted by Crippen LogP contribution is 2.37. The number of aromatic nitrogens is 4. The number of fused-ring (bicyclic) bond motifs is 8. The van der Waals surface area contributed by atoms with Gasteiger partial charge in [0.25, 0.3) is 0 Å². The van der Waals surface area contributed by atoms with Gasteiger partial charge in [0.05, 0.1) is 22.8 Å². The smallest absolute Gasteiger partial charge is 0.0737 e. The second-order valence-electron chi connectivity index (χ2n) is 12.0. The molecule has 0 spiro atoms. The van der Waals surface area contributed by atoms with Crippen LogP contribution in [0.15, 0.2) is 146 Å². The topological polar surface area (TPSA) is 57.4 Å². The summed E-state index contributed by atoms with van der Waals surface area (Å²) in [5.74, 6) is 0. The molecule has 8 bridgehead atoms. The first-order valence-corrected chi connectivity index (χ1v) is 16.5. The molecule has 6 aromatic rings. The Morgan fingerprint density at radius 3 is 1.33 bits per heavy atom. The van der Waals surface area contributed by atoms with E-state index in [2.05, 4.69) is 138 Å². The van der Waals surface area contributed by atoms with Crippen molar-refractivity contribution in [2.75, 3.05) is 0 Å². The van der Waals surface area contributed by atoms with Crippen LogP contribution in [0.25, 0.3) is 85.3 Å². The SMILES string of the molecule is C=C(/C=C\C=C/C)c1c2nc(c(-c3ccccc3)c3ccc([nH]3)c(-c3ccccc3)c3nc(c(-c4ccccc4)c4ccc1[nH]4)C=C3)C=C2. The van der Waals surface area contributed by atoms with E-state index in [1.165, 1.54) is 0 Å². The van der Waals surface area contributed by atoms with Crippen LogP contribution in [-0.2, 0) is 0 Å². The highest BCUT2D eigenvalue weighted by Gasteiger charge is 2.18. The molecule has 0 atom stereocenters. The number of allylic oxidation sites excluding steroid dienone is 5. The van der Waals surface area contributed by atoms with Crippen molar-refractivity contribution in [2.45, 2.75) is 6.92 Å². The van der Waals surface area contributed by atoms with Crippen molar-refractivity contribution in [1.82, 2.24) is 19.9 Å². The van der Waals surface area contributed by atoms with Gasteiger partial charge in [-0.2, -0.15) is 0 Å². The fourth-order valence-electron chi connectivity index (χ4n) is 6.63. The lowest BCUT2D eigenvalue weighted by Gasteiger charge is -2.06. The first-order chi connectivity index (χ1) is 24.2. The molecule has 3 aromatic heterocycles. The molecule has 49 heavy (non-hydrogen) atoms. The number of aromatic amines is 2. The number of nitrogens with zero attached hydrogens (tertiary/aromatic N) is 2. The summed E-state index contributed by atoms with van der Waals surface area (Å²) in [7, 11) is 0. The highest BCUT2D eigenvalue weighted by molar-refractivity contribution is 5.99. The third kappa shape index (κ3) is 5.70. The van der Waals surface area contributed by atoms with Crippen molar-refractivity contribution in [3.05, 3.63) is 174 Å². The molecule has 0 unspecified atom stereocenters. The van der Waals surface area contributed by atoms with Crippen molar-refractivity contribution >= 4 is 51.9 Å². The van der Waals surface area contributed by atoms with E-state index in [9.17, 15) is 0 Å². The molecular formula is C45H34N4. The van der Waals surface area contributed by atoms with E-state index in [1.807, 2.05) is 49.4 Å². The maximum atomic E-state index is 5.34. The van der Waals surface area contributed by atoms with E-state index in [-0.39, 0.29) is 0 Å². The Morgan fingerprint density at radius 1 is 0.490 bits per heavy atom. The van der Waals surface area contributed by atoms with Crippen LogP contribution >= 0.6 is 0 Å². The van der Waals surface area contributed by atoms with Gasteiger partial charge >= 0.3 is 0 Å².